The molecule has 39 heavy (non-hydrogen) atoms. The van der Waals surface area contributed by atoms with Crippen molar-refractivity contribution in [3.8, 4) is 0 Å². The molecule has 3 N–H and O–H groups in total. The van der Waals surface area contributed by atoms with E-state index in [4.69, 9.17) is 11.6 Å². The van der Waals surface area contributed by atoms with Crippen LogP contribution in [-0.4, -0.2) is 40.2 Å². The molecule has 1 saturated heterocycles. The molecule has 9 nitrogen and oxygen atoms in total. The van der Waals surface area contributed by atoms with E-state index in [-0.39, 0.29) is 11.8 Å². The molecule has 0 radical (unpaired) electrons. The number of rotatable bonds is 4. The standard InChI is InChI=1S/C29H31ClN8O/c30-25-18-33-29-35-23-13-20(16-32-17-23)1-2-21-15-22(34-28(25)37-29)3-4-26(21)36-27(39)14-19-7-11-38(12-8-19)24-5-9-31-10-6-24/h3-6,9-10,15-20H,1-2,7-8,11-14H2,(H,36,39)(H2,33,34,35,37). The summed E-state index contributed by atoms with van der Waals surface area (Å²) in [5.74, 6) is 1.70. The van der Waals surface area contributed by atoms with Gasteiger partial charge in [-0.15, -0.1) is 0 Å². The number of piperidine rings is 1. The smallest absolute Gasteiger partial charge is 0.229 e. The van der Waals surface area contributed by atoms with Gasteiger partial charge in [0.25, 0.3) is 0 Å². The third-order valence-electron chi connectivity index (χ3n) is 7.57. The van der Waals surface area contributed by atoms with Crippen LogP contribution >= 0.6 is 11.6 Å². The first kappa shape index (κ1) is 25.3. The zero-order valence-electron chi connectivity index (χ0n) is 21.6. The lowest BCUT2D eigenvalue weighted by molar-refractivity contribution is -0.117. The molecular weight excluding hydrogens is 512 g/mol. The summed E-state index contributed by atoms with van der Waals surface area (Å²) in [4.78, 5) is 32.9. The zero-order valence-corrected chi connectivity index (χ0v) is 22.4. The summed E-state index contributed by atoms with van der Waals surface area (Å²) in [6.45, 7) is 1.91. The minimum atomic E-state index is 0.0642. The molecule has 1 amide bonds. The number of nitrogens with zero attached hydrogens (tertiary/aromatic N) is 5. The van der Waals surface area contributed by atoms with Gasteiger partial charge < -0.3 is 20.9 Å². The summed E-state index contributed by atoms with van der Waals surface area (Å²) < 4.78 is 0. The van der Waals surface area contributed by atoms with Crippen LogP contribution in [0.5, 0.6) is 0 Å². The highest BCUT2D eigenvalue weighted by Crippen LogP contribution is 2.31. The second-order valence-electron chi connectivity index (χ2n) is 10.4. The van der Waals surface area contributed by atoms with Crippen molar-refractivity contribution in [3.63, 3.8) is 0 Å². The lowest BCUT2D eigenvalue weighted by Gasteiger charge is -2.33. The number of aromatic nitrogens is 3. The van der Waals surface area contributed by atoms with Crippen LogP contribution in [0, 0.1) is 11.8 Å². The van der Waals surface area contributed by atoms with Crippen LogP contribution in [0.1, 0.15) is 37.7 Å². The normalized spacial score (nSPS) is 18.9. The minimum absolute atomic E-state index is 0.0642. The fraction of sp³-hybridized carbons (Fsp3) is 0.345. The van der Waals surface area contributed by atoms with E-state index >= 15 is 0 Å². The number of aliphatic imine (C=N–C) groups is 1. The van der Waals surface area contributed by atoms with Gasteiger partial charge in [0.15, 0.2) is 5.82 Å². The van der Waals surface area contributed by atoms with Crippen molar-refractivity contribution in [3.05, 3.63) is 71.4 Å². The highest BCUT2D eigenvalue weighted by atomic mass is 35.5. The maximum absolute atomic E-state index is 13.1. The summed E-state index contributed by atoms with van der Waals surface area (Å²) in [6.07, 6.45) is 14.1. The first-order valence-electron chi connectivity index (χ1n) is 13.5. The van der Waals surface area contributed by atoms with Gasteiger partial charge in [0.2, 0.25) is 11.9 Å². The van der Waals surface area contributed by atoms with E-state index in [0.717, 1.165) is 67.8 Å². The molecule has 6 rings (SSSR count). The van der Waals surface area contributed by atoms with Gasteiger partial charge >= 0.3 is 0 Å². The molecular formula is C29H31ClN8O. The Balaban J connectivity index is 1.15. The van der Waals surface area contributed by atoms with Crippen molar-refractivity contribution in [2.75, 3.05) is 33.9 Å². The molecule has 3 aliphatic rings. The molecule has 0 saturated carbocycles. The number of aryl methyl sites for hydroxylation is 1. The van der Waals surface area contributed by atoms with Crippen LogP contribution in [0.2, 0.25) is 5.02 Å². The van der Waals surface area contributed by atoms with Gasteiger partial charge in [0.1, 0.15) is 5.02 Å². The summed E-state index contributed by atoms with van der Waals surface area (Å²) in [6, 6.07) is 10.1. The zero-order chi connectivity index (χ0) is 26.6. The number of hydrogen-bond donors (Lipinski definition) is 3. The Bertz CT molecular complexity index is 1400. The SMILES string of the molecule is O=C(CC1CCN(c2ccncc2)CC1)Nc1ccc2cc1CCC1C=NC=C(C1)Nc1ncc(Cl)c(n1)N2. The van der Waals surface area contributed by atoms with Gasteiger partial charge in [-0.3, -0.25) is 14.8 Å². The number of benzene rings is 1. The Morgan fingerprint density at radius 2 is 1.95 bits per heavy atom. The molecule has 5 heterocycles. The van der Waals surface area contributed by atoms with Crippen LogP contribution in [0.25, 0.3) is 0 Å². The second-order valence-corrected chi connectivity index (χ2v) is 10.8. The van der Waals surface area contributed by atoms with Crippen molar-refractivity contribution >= 4 is 52.6 Å². The van der Waals surface area contributed by atoms with Crippen molar-refractivity contribution in [1.82, 2.24) is 15.0 Å². The number of pyridine rings is 1. The number of allylic oxidation sites excluding steroid dienone is 1. The molecule has 6 bridgehead atoms. The molecule has 2 aromatic heterocycles. The van der Waals surface area contributed by atoms with Gasteiger partial charge in [0, 0.05) is 73.0 Å². The van der Waals surface area contributed by atoms with E-state index in [1.165, 1.54) is 5.69 Å². The number of hydrogen-bond acceptors (Lipinski definition) is 8. The first-order valence-corrected chi connectivity index (χ1v) is 13.8. The molecule has 10 heteroatoms. The number of nitrogens with one attached hydrogen (secondary N) is 3. The predicted molar refractivity (Wildman–Crippen MR) is 156 cm³/mol. The number of carbonyl (C=O) groups excluding carboxylic acids is 1. The van der Waals surface area contributed by atoms with Crippen LogP contribution in [0.15, 0.2) is 65.8 Å². The molecule has 200 valence electrons. The number of amides is 1. The summed E-state index contributed by atoms with van der Waals surface area (Å²) in [7, 11) is 0. The molecule has 3 aromatic rings. The Labute approximate surface area is 232 Å². The van der Waals surface area contributed by atoms with Gasteiger partial charge in [-0.25, -0.2) is 4.98 Å². The van der Waals surface area contributed by atoms with Crippen molar-refractivity contribution in [2.24, 2.45) is 16.8 Å². The number of fused-ring (bicyclic) bond motifs is 6. The summed E-state index contributed by atoms with van der Waals surface area (Å²) in [5, 5.41) is 10.2. The second kappa shape index (κ2) is 11.4. The van der Waals surface area contributed by atoms with E-state index in [0.29, 0.717) is 29.1 Å². The molecule has 1 unspecified atom stereocenters. The Morgan fingerprint density at radius 3 is 2.79 bits per heavy atom. The van der Waals surface area contributed by atoms with Crippen molar-refractivity contribution in [1.29, 1.82) is 0 Å². The predicted octanol–water partition coefficient (Wildman–Crippen LogP) is 5.80. The van der Waals surface area contributed by atoms with Crippen LogP contribution in [-0.2, 0) is 11.2 Å². The quantitative estimate of drug-likeness (QED) is 0.382. The molecule has 0 aliphatic carbocycles. The molecule has 1 atom stereocenters. The van der Waals surface area contributed by atoms with Crippen molar-refractivity contribution in [2.45, 2.75) is 38.5 Å². The third kappa shape index (κ3) is 6.20. The largest absolute Gasteiger partial charge is 0.371 e. The van der Waals surface area contributed by atoms with E-state index in [1.807, 2.05) is 49.1 Å². The molecule has 1 fully saturated rings. The Hall–Kier alpha value is -3.98. The first-order chi connectivity index (χ1) is 19.1. The summed E-state index contributed by atoms with van der Waals surface area (Å²) >= 11 is 6.39. The lowest BCUT2D eigenvalue weighted by Crippen LogP contribution is -2.34. The van der Waals surface area contributed by atoms with E-state index in [2.05, 4.69) is 46.9 Å². The van der Waals surface area contributed by atoms with Gasteiger partial charge in [0.05, 0.1) is 6.20 Å². The molecule has 3 aliphatic heterocycles. The van der Waals surface area contributed by atoms with Crippen LogP contribution in [0.4, 0.5) is 28.8 Å². The number of halogens is 1. The van der Waals surface area contributed by atoms with Crippen molar-refractivity contribution < 1.29 is 4.79 Å². The molecule has 0 spiro atoms. The minimum Gasteiger partial charge on any atom is -0.371 e. The monoisotopic (exact) mass is 542 g/mol. The van der Waals surface area contributed by atoms with Crippen LogP contribution in [0.3, 0.4) is 0 Å². The maximum atomic E-state index is 13.1. The van der Waals surface area contributed by atoms with E-state index in [9.17, 15) is 4.79 Å². The van der Waals surface area contributed by atoms with Crippen LogP contribution < -0.4 is 20.9 Å². The molecule has 1 aromatic carbocycles. The highest BCUT2D eigenvalue weighted by Gasteiger charge is 2.23. The number of anilines is 5. The Morgan fingerprint density at radius 1 is 1.10 bits per heavy atom. The lowest BCUT2D eigenvalue weighted by atomic mass is 9.92. The maximum Gasteiger partial charge on any atom is 0.229 e. The van der Waals surface area contributed by atoms with Gasteiger partial charge in [-0.05, 0) is 73.9 Å². The average Bonchev–Trinajstić information content (AvgIpc) is 2.96. The van der Waals surface area contributed by atoms with E-state index in [1.54, 1.807) is 6.20 Å². The third-order valence-corrected chi connectivity index (χ3v) is 7.85. The fourth-order valence-electron chi connectivity index (χ4n) is 5.45. The van der Waals surface area contributed by atoms with Gasteiger partial charge in [-0.2, -0.15) is 4.98 Å². The highest BCUT2D eigenvalue weighted by molar-refractivity contribution is 6.32. The van der Waals surface area contributed by atoms with Gasteiger partial charge in [-0.1, -0.05) is 11.6 Å². The van der Waals surface area contributed by atoms with E-state index < -0.39 is 0 Å². The number of carbonyl (C=O) groups is 1. The fourth-order valence-corrected chi connectivity index (χ4v) is 5.59. The Kier molecular flexibility index (Phi) is 7.40. The summed E-state index contributed by atoms with van der Waals surface area (Å²) in [5.41, 5.74) is 4.94. The average molecular weight is 543 g/mol. The topological polar surface area (TPSA) is 107 Å².